The van der Waals surface area contributed by atoms with Crippen molar-refractivity contribution in [2.24, 2.45) is 0 Å². The smallest absolute Gasteiger partial charge is 0.352 e. The first-order chi connectivity index (χ1) is 6.07. The average molecular weight is 205 g/mol. The van der Waals surface area contributed by atoms with Gasteiger partial charge in [-0.25, -0.2) is 4.79 Å². The molecule has 3 N–H and O–H groups in total. The molecule has 0 aromatic heterocycles. The van der Waals surface area contributed by atoms with Crippen LogP contribution in [-0.2, 0) is 9.59 Å². The molecule has 1 atom stereocenters. The highest BCUT2D eigenvalue weighted by Crippen LogP contribution is 2.07. The second-order valence-corrected chi connectivity index (χ2v) is 3.44. The minimum atomic E-state index is -1.17. The van der Waals surface area contributed by atoms with Gasteiger partial charge in [0.05, 0.1) is 6.35 Å². The molecule has 1 unspecified atom stereocenters. The monoisotopic (exact) mass is 205 g/mol. The van der Waals surface area contributed by atoms with E-state index < -0.39 is 11.9 Å². The minimum absolute atomic E-state index is 0.0312. The third-order valence-electron chi connectivity index (χ3n) is 1.10. The van der Waals surface area contributed by atoms with Crippen molar-refractivity contribution >= 4 is 20.5 Å². The zero-order valence-electron chi connectivity index (χ0n) is 7.20. The first-order valence-electron chi connectivity index (χ1n) is 3.60. The van der Waals surface area contributed by atoms with Crippen molar-refractivity contribution in [3.05, 3.63) is 11.8 Å². The fourth-order valence-electron chi connectivity index (χ4n) is 0.620. The van der Waals surface area contributed by atoms with Crippen LogP contribution in [0.15, 0.2) is 11.8 Å². The molecule has 74 valence electrons. The van der Waals surface area contributed by atoms with Gasteiger partial charge in [0.15, 0.2) is 0 Å². The highest BCUT2D eigenvalue weighted by molar-refractivity contribution is 7.37. The largest absolute Gasteiger partial charge is 0.477 e. The van der Waals surface area contributed by atoms with Gasteiger partial charge in [-0.3, -0.25) is 4.79 Å². The molecule has 0 saturated carbocycles. The summed E-state index contributed by atoms with van der Waals surface area (Å²) >= 11 is 0. The maximum atomic E-state index is 10.5. The van der Waals surface area contributed by atoms with Crippen LogP contribution in [0.2, 0.25) is 0 Å². The number of carboxylic acids is 1. The Hall–Kier alpha value is -0.930. The summed E-state index contributed by atoms with van der Waals surface area (Å²) < 4.78 is 0. The maximum absolute atomic E-state index is 10.5. The van der Waals surface area contributed by atoms with Crippen LogP contribution in [0.25, 0.3) is 0 Å². The Bertz CT molecular complexity index is 227. The van der Waals surface area contributed by atoms with Crippen molar-refractivity contribution < 1.29 is 19.8 Å². The fraction of sp³-hybridized carbons (Fsp3) is 0.429. The number of amides is 1. The Morgan fingerprint density at radius 1 is 1.54 bits per heavy atom. The Morgan fingerprint density at radius 3 is 2.54 bits per heavy atom. The molecule has 0 saturated heterocycles. The lowest BCUT2D eigenvalue weighted by Gasteiger charge is -2.01. The molecule has 0 aromatic rings. The number of hydrogen-bond donors (Lipinski definition) is 3. The van der Waals surface area contributed by atoms with E-state index in [1.165, 1.54) is 13.0 Å². The van der Waals surface area contributed by atoms with E-state index in [9.17, 15) is 9.59 Å². The SMILES string of the molecule is CC(=O)N/C(=C\CPCO)C(=O)O. The molecular weight excluding hydrogens is 193 g/mol. The van der Waals surface area contributed by atoms with Gasteiger partial charge in [-0.05, 0) is 12.2 Å². The third-order valence-corrected chi connectivity index (χ3v) is 1.82. The van der Waals surface area contributed by atoms with Gasteiger partial charge in [0.1, 0.15) is 5.70 Å². The lowest BCUT2D eigenvalue weighted by Crippen LogP contribution is -2.24. The molecule has 0 aliphatic heterocycles. The van der Waals surface area contributed by atoms with Crippen LogP contribution >= 0.6 is 8.58 Å². The first kappa shape index (κ1) is 12.1. The van der Waals surface area contributed by atoms with Crippen molar-refractivity contribution in [3.63, 3.8) is 0 Å². The molecule has 0 spiro atoms. The molecule has 0 fully saturated rings. The number of aliphatic hydroxyl groups excluding tert-OH is 1. The first-order valence-corrected chi connectivity index (χ1v) is 5.02. The van der Waals surface area contributed by atoms with E-state index in [1.807, 2.05) is 0 Å². The molecule has 13 heavy (non-hydrogen) atoms. The number of carbonyl (C=O) groups is 2. The van der Waals surface area contributed by atoms with Gasteiger partial charge in [-0.2, -0.15) is 0 Å². The molecule has 0 radical (unpaired) electrons. The van der Waals surface area contributed by atoms with Crippen molar-refractivity contribution in [1.29, 1.82) is 0 Å². The number of carbonyl (C=O) groups excluding carboxylic acids is 1. The van der Waals surface area contributed by atoms with Gasteiger partial charge in [-0.15, -0.1) is 0 Å². The third kappa shape index (κ3) is 6.25. The Morgan fingerprint density at radius 2 is 2.15 bits per heavy atom. The summed E-state index contributed by atoms with van der Waals surface area (Å²) in [6, 6.07) is 0. The number of nitrogens with one attached hydrogen (secondary N) is 1. The molecular formula is C7H12NO4P. The molecule has 1 amide bonds. The molecule has 6 heteroatoms. The van der Waals surface area contributed by atoms with Crippen LogP contribution in [0.1, 0.15) is 6.92 Å². The molecule has 0 aliphatic rings. The summed E-state index contributed by atoms with van der Waals surface area (Å²) in [4.78, 5) is 21.0. The van der Waals surface area contributed by atoms with Crippen LogP contribution in [0.5, 0.6) is 0 Å². The summed E-state index contributed by atoms with van der Waals surface area (Å²) in [5.74, 6) is -1.58. The normalized spacial score (nSPS) is 12.0. The second kappa shape index (κ2) is 6.57. The van der Waals surface area contributed by atoms with Crippen LogP contribution < -0.4 is 5.32 Å². The van der Waals surface area contributed by atoms with Gasteiger partial charge in [0.2, 0.25) is 5.91 Å². The average Bonchev–Trinajstić information content (AvgIpc) is 2.02. The summed E-state index contributed by atoms with van der Waals surface area (Å²) in [6.07, 6.45) is 1.88. The van der Waals surface area contributed by atoms with Crippen LogP contribution in [0, 0.1) is 0 Å². The van der Waals surface area contributed by atoms with E-state index in [0.29, 0.717) is 6.16 Å². The zero-order valence-corrected chi connectivity index (χ0v) is 8.20. The maximum Gasteiger partial charge on any atom is 0.352 e. The topological polar surface area (TPSA) is 86.6 Å². The van der Waals surface area contributed by atoms with Gasteiger partial charge >= 0.3 is 5.97 Å². The Balaban J connectivity index is 4.15. The predicted molar refractivity (Wildman–Crippen MR) is 49.8 cm³/mol. The van der Waals surface area contributed by atoms with Gasteiger partial charge in [0.25, 0.3) is 0 Å². The summed E-state index contributed by atoms with van der Waals surface area (Å²) in [5.41, 5.74) is -0.131. The van der Waals surface area contributed by atoms with Crippen LogP contribution in [0.4, 0.5) is 0 Å². The van der Waals surface area contributed by atoms with Gasteiger partial charge in [-0.1, -0.05) is 8.58 Å². The lowest BCUT2D eigenvalue weighted by molar-refractivity contribution is -0.134. The predicted octanol–water partition coefficient (Wildman–Crippen LogP) is -0.281. The highest BCUT2D eigenvalue weighted by Gasteiger charge is 2.07. The molecule has 5 nitrogen and oxygen atoms in total. The van der Waals surface area contributed by atoms with E-state index in [-0.39, 0.29) is 20.6 Å². The molecule has 0 bridgehead atoms. The molecule has 0 heterocycles. The van der Waals surface area contributed by atoms with E-state index >= 15 is 0 Å². The van der Waals surface area contributed by atoms with Crippen LogP contribution in [0.3, 0.4) is 0 Å². The number of allylic oxidation sites excluding steroid dienone is 1. The lowest BCUT2D eigenvalue weighted by atomic mass is 10.4. The number of hydrogen-bond acceptors (Lipinski definition) is 3. The van der Waals surface area contributed by atoms with Crippen molar-refractivity contribution in [2.45, 2.75) is 6.92 Å². The Kier molecular flexibility index (Phi) is 6.10. The highest BCUT2D eigenvalue weighted by atomic mass is 31.1. The van der Waals surface area contributed by atoms with Crippen molar-refractivity contribution in [3.8, 4) is 0 Å². The molecule has 0 aliphatic carbocycles. The molecule has 0 aromatic carbocycles. The fourth-order valence-corrected chi connectivity index (χ4v) is 1.10. The quantitative estimate of drug-likeness (QED) is 0.327. The van der Waals surface area contributed by atoms with E-state index in [0.717, 1.165) is 0 Å². The minimum Gasteiger partial charge on any atom is -0.477 e. The summed E-state index contributed by atoms with van der Waals surface area (Å²) in [6.45, 7) is 1.24. The Labute approximate surface area is 77.6 Å². The van der Waals surface area contributed by atoms with E-state index in [2.05, 4.69) is 5.32 Å². The summed E-state index contributed by atoms with van der Waals surface area (Å²) in [5, 5.41) is 19.2. The number of rotatable bonds is 5. The number of aliphatic hydroxyl groups is 1. The summed E-state index contributed by atoms with van der Waals surface area (Å²) in [7, 11) is 0.262. The molecule has 0 rings (SSSR count). The van der Waals surface area contributed by atoms with Crippen molar-refractivity contribution in [1.82, 2.24) is 5.32 Å². The van der Waals surface area contributed by atoms with Gasteiger partial charge < -0.3 is 15.5 Å². The van der Waals surface area contributed by atoms with E-state index in [1.54, 1.807) is 0 Å². The van der Waals surface area contributed by atoms with Crippen molar-refractivity contribution in [2.75, 3.05) is 12.5 Å². The standard InChI is InChI=1S/C7H12NO4P/c1-5(10)8-6(7(11)12)2-3-13-4-9/h2,9,13H,3-4H2,1H3,(H,8,10)(H,11,12)/b6-2-. The second-order valence-electron chi connectivity index (χ2n) is 2.22. The van der Waals surface area contributed by atoms with E-state index in [4.69, 9.17) is 10.2 Å². The van der Waals surface area contributed by atoms with Crippen LogP contribution in [-0.4, -0.2) is 34.6 Å². The number of carboxylic acid groups (broad SMARTS) is 1. The van der Waals surface area contributed by atoms with Gasteiger partial charge in [0, 0.05) is 6.92 Å². The zero-order chi connectivity index (χ0) is 10.3. The number of aliphatic carboxylic acids is 1.